The lowest BCUT2D eigenvalue weighted by Crippen LogP contribution is -2.43. The van der Waals surface area contributed by atoms with Crippen molar-refractivity contribution in [3.05, 3.63) is 33.8 Å². The summed E-state index contributed by atoms with van der Waals surface area (Å²) in [4.78, 5) is 12.3. The Balaban J connectivity index is 2.07. The summed E-state index contributed by atoms with van der Waals surface area (Å²) in [7, 11) is 0. The first-order chi connectivity index (χ1) is 9.10. The fourth-order valence-electron chi connectivity index (χ4n) is 2.74. The van der Waals surface area contributed by atoms with E-state index in [0.717, 1.165) is 35.7 Å². The van der Waals surface area contributed by atoms with Gasteiger partial charge in [0, 0.05) is 28.6 Å². The Morgan fingerprint density at radius 3 is 2.79 bits per heavy atom. The maximum atomic E-state index is 12.3. The number of hydrogen-bond donors (Lipinski definition) is 2. The summed E-state index contributed by atoms with van der Waals surface area (Å²) in [6.45, 7) is 2.13. The lowest BCUT2D eigenvalue weighted by Gasteiger charge is -2.30. The van der Waals surface area contributed by atoms with Crippen LogP contribution in [0, 0.1) is 12.8 Å². The molecule has 1 amide bonds. The second-order valence-corrected chi connectivity index (χ2v) is 6.24. The van der Waals surface area contributed by atoms with Crippen molar-refractivity contribution in [1.82, 2.24) is 5.32 Å². The van der Waals surface area contributed by atoms with Gasteiger partial charge in [0.15, 0.2) is 0 Å². The lowest BCUT2D eigenvalue weighted by molar-refractivity contribution is 0.0872. The third-order valence-electron chi connectivity index (χ3n) is 3.76. The monoisotopic (exact) mass is 325 g/mol. The Morgan fingerprint density at radius 1 is 1.37 bits per heavy atom. The smallest absolute Gasteiger partial charge is 0.251 e. The largest absolute Gasteiger partial charge is 0.396 e. The zero-order valence-electron chi connectivity index (χ0n) is 11.2. The number of halogens is 1. The van der Waals surface area contributed by atoms with Gasteiger partial charge in [0.05, 0.1) is 0 Å². The van der Waals surface area contributed by atoms with Gasteiger partial charge in [0.2, 0.25) is 0 Å². The number of rotatable bonds is 3. The molecule has 0 radical (unpaired) electrons. The Morgan fingerprint density at radius 2 is 2.11 bits per heavy atom. The van der Waals surface area contributed by atoms with Gasteiger partial charge < -0.3 is 10.4 Å². The van der Waals surface area contributed by atoms with Gasteiger partial charge in [-0.2, -0.15) is 0 Å². The van der Waals surface area contributed by atoms with Gasteiger partial charge in [-0.25, -0.2) is 0 Å². The van der Waals surface area contributed by atoms with Gasteiger partial charge >= 0.3 is 0 Å². The molecule has 3 nitrogen and oxygen atoms in total. The average molecular weight is 326 g/mol. The molecule has 2 atom stereocenters. The summed E-state index contributed by atoms with van der Waals surface area (Å²) < 4.78 is 0.917. The highest BCUT2D eigenvalue weighted by Gasteiger charge is 2.26. The van der Waals surface area contributed by atoms with Crippen molar-refractivity contribution >= 4 is 21.8 Å². The predicted molar refractivity (Wildman–Crippen MR) is 79.2 cm³/mol. The van der Waals surface area contributed by atoms with Crippen LogP contribution in [0.15, 0.2) is 22.7 Å². The first-order valence-corrected chi connectivity index (χ1v) is 7.58. The first-order valence-electron chi connectivity index (χ1n) is 6.79. The van der Waals surface area contributed by atoms with E-state index in [2.05, 4.69) is 21.2 Å². The summed E-state index contributed by atoms with van der Waals surface area (Å²) in [6, 6.07) is 5.80. The van der Waals surface area contributed by atoms with Crippen LogP contribution in [-0.2, 0) is 0 Å². The van der Waals surface area contributed by atoms with Crippen molar-refractivity contribution in [2.75, 3.05) is 6.61 Å². The van der Waals surface area contributed by atoms with Crippen LogP contribution in [0.25, 0.3) is 0 Å². The number of aliphatic hydroxyl groups is 1. The highest BCUT2D eigenvalue weighted by atomic mass is 79.9. The quantitative estimate of drug-likeness (QED) is 0.897. The van der Waals surface area contributed by atoms with Gasteiger partial charge in [0.1, 0.15) is 0 Å². The topological polar surface area (TPSA) is 49.3 Å². The molecule has 0 bridgehead atoms. The average Bonchev–Trinajstić information content (AvgIpc) is 2.38. The molecule has 1 aliphatic rings. The summed E-state index contributed by atoms with van der Waals surface area (Å²) >= 11 is 3.41. The van der Waals surface area contributed by atoms with Crippen LogP contribution in [-0.4, -0.2) is 23.7 Å². The molecule has 0 aliphatic heterocycles. The van der Waals surface area contributed by atoms with E-state index in [1.54, 1.807) is 0 Å². The first kappa shape index (κ1) is 14.5. The summed E-state index contributed by atoms with van der Waals surface area (Å²) in [5.74, 6) is 0.153. The molecule has 0 heterocycles. The minimum atomic E-state index is -0.0465. The second-order valence-electron chi connectivity index (χ2n) is 5.32. The van der Waals surface area contributed by atoms with E-state index in [-0.39, 0.29) is 24.5 Å². The molecule has 4 heteroatoms. The van der Waals surface area contributed by atoms with E-state index in [9.17, 15) is 9.90 Å². The standard InChI is InChI=1S/C15H20BrNO2/c1-10-6-12(8-13(16)7-10)15(19)17-14-5-3-2-4-11(14)9-18/h6-8,11,14,18H,2-5,9H2,1H3,(H,17,19). The molecule has 1 aromatic carbocycles. The highest BCUT2D eigenvalue weighted by Crippen LogP contribution is 2.24. The molecular weight excluding hydrogens is 306 g/mol. The number of aliphatic hydroxyl groups excluding tert-OH is 1. The zero-order chi connectivity index (χ0) is 13.8. The van der Waals surface area contributed by atoms with Crippen LogP contribution in [0.2, 0.25) is 0 Å². The number of aryl methyl sites for hydroxylation is 1. The molecule has 1 aliphatic carbocycles. The maximum absolute atomic E-state index is 12.3. The van der Waals surface area contributed by atoms with Gasteiger partial charge in [-0.1, -0.05) is 28.8 Å². The van der Waals surface area contributed by atoms with E-state index in [1.807, 2.05) is 25.1 Å². The molecule has 19 heavy (non-hydrogen) atoms. The fraction of sp³-hybridized carbons (Fsp3) is 0.533. The number of carbonyl (C=O) groups excluding carboxylic acids is 1. The van der Waals surface area contributed by atoms with Crippen molar-refractivity contribution in [2.24, 2.45) is 5.92 Å². The van der Waals surface area contributed by atoms with E-state index in [1.165, 1.54) is 0 Å². The maximum Gasteiger partial charge on any atom is 0.251 e. The van der Waals surface area contributed by atoms with Gasteiger partial charge in [-0.3, -0.25) is 4.79 Å². The molecule has 2 rings (SSSR count). The minimum Gasteiger partial charge on any atom is -0.396 e. The molecule has 104 valence electrons. The van der Waals surface area contributed by atoms with Crippen LogP contribution in [0.3, 0.4) is 0 Å². The van der Waals surface area contributed by atoms with Crippen molar-refractivity contribution in [3.8, 4) is 0 Å². The number of amides is 1. The molecule has 2 unspecified atom stereocenters. The van der Waals surface area contributed by atoms with Gasteiger partial charge in [0.25, 0.3) is 5.91 Å². The number of benzene rings is 1. The van der Waals surface area contributed by atoms with E-state index in [4.69, 9.17) is 0 Å². The lowest BCUT2D eigenvalue weighted by atomic mass is 9.85. The van der Waals surface area contributed by atoms with Gasteiger partial charge in [-0.05, 0) is 43.5 Å². The van der Waals surface area contributed by atoms with Crippen molar-refractivity contribution in [2.45, 2.75) is 38.6 Å². The molecule has 0 saturated heterocycles. The van der Waals surface area contributed by atoms with Crippen LogP contribution >= 0.6 is 15.9 Å². The van der Waals surface area contributed by atoms with Crippen LogP contribution in [0.1, 0.15) is 41.6 Å². The molecule has 2 N–H and O–H groups in total. The SMILES string of the molecule is Cc1cc(Br)cc(C(=O)NC2CCCCC2CO)c1. The van der Waals surface area contributed by atoms with Crippen molar-refractivity contribution in [1.29, 1.82) is 0 Å². The van der Waals surface area contributed by atoms with Crippen LogP contribution in [0.4, 0.5) is 0 Å². The number of carbonyl (C=O) groups is 1. The third kappa shape index (κ3) is 3.80. The Bertz CT molecular complexity index is 441. The van der Waals surface area contributed by atoms with Crippen LogP contribution in [0.5, 0.6) is 0 Å². The summed E-state index contributed by atoms with van der Waals surface area (Å²) in [6.07, 6.45) is 4.23. The van der Waals surface area contributed by atoms with Crippen molar-refractivity contribution in [3.63, 3.8) is 0 Å². The fourth-order valence-corrected chi connectivity index (χ4v) is 3.34. The highest BCUT2D eigenvalue weighted by molar-refractivity contribution is 9.10. The third-order valence-corrected chi connectivity index (χ3v) is 4.22. The van der Waals surface area contributed by atoms with E-state index >= 15 is 0 Å². The predicted octanol–water partition coefficient (Wildman–Crippen LogP) is 3.04. The van der Waals surface area contributed by atoms with E-state index < -0.39 is 0 Å². The minimum absolute atomic E-state index is 0.0465. The Labute approximate surface area is 122 Å². The Hall–Kier alpha value is -0.870. The molecule has 1 aromatic rings. The summed E-state index contributed by atoms with van der Waals surface area (Å²) in [5.41, 5.74) is 1.73. The van der Waals surface area contributed by atoms with Crippen LogP contribution < -0.4 is 5.32 Å². The molecule has 0 aromatic heterocycles. The Kier molecular flexibility index (Phi) is 4.99. The molecular formula is C15H20BrNO2. The van der Waals surface area contributed by atoms with E-state index in [0.29, 0.717) is 5.56 Å². The molecule has 1 fully saturated rings. The zero-order valence-corrected chi connectivity index (χ0v) is 12.7. The van der Waals surface area contributed by atoms with Crippen molar-refractivity contribution < 1.29 is 9.90 Å². The normalized spacial score (nSPS) is 23.1. The number of nitrogens with one attached hydrogen (secondary N) is 1. The summed E-state index contributed by atoms with van der Waals surface area (Å²) in [5, 5.41) is 12.4. The number of hydrogen-bond acceptors (Lipinski definition) is 2. The molecule has 1 saturated carbocycles. The van der Waals surface area contributed by atoms with Gasteiger partial charge in [-0.15, -0.1) is 0 Å². The second kappa shape index (κ2) is 6.53. The molecule has 0 spiro atoms.